The van der Waals surface area contributed by atoms with Gasteiger partial charge in [0.05, 0.1) is 5.70 Å². The predicted molar refractivity (Wildman–Crippen MR) is 118 cm³/mol. The maximum Gasteiger partial charge on any atom is 0.255 e. The third kappa shape index (κ3) is 5.55. The lowest BCUT2D eigenvalue weighted by Gasteiger charge is -2.38. The molecule has 30 heavy (non-hydrogen) atoms. The van der Waals surface area contributed by atoms with Gasteiger partial charge in [-0.2, -0.15) is 0 Å². The molecular formula is C24H33FN4O. The zero-order chi connectivity index (χ0) is 20.8. The summed E-state index contributed by atoms with van der Waals surface area (Å²) in [5.74, 6) is 0.103. The SMILES string of the molecule is O=C(NC1=CCC=NC1N1CCC(CCN2CCCCC2)CC1)c1cccc(F)c1. The number of benzene rings is 1. The van der Waals surface area contributed by atoms with Crippen molar-refractivity contribution in [2.75, 3.05) is 32.7 Å². The van der Waals surface area contributed by atoms with Gasteiger partial charge in [-0.05, 0) is 75.9 Å². The number of nitrogens with zero attached hydrogens (tertiary/aromatic N) is 3. The molecule has 0 spiro atoms. The molecule has 3 heterocycles. The number of hydrogen-bond donors (Lipinski definition) is 1. The maximum absolute atomic E-state index is 13.5. The van der Waals surface area contributed by atoms with Crippen LogP contribution in [-0.4, -0.2) is 60.8 Å². The molecule has 3 aliphatic rings. The predicted octanol–water partition coefficient (Wildman–Crippen LogP) is 3.83. The summed E-state index contributed by atoms with van der Waals surface area (Å²) in [7, 11) is 0. The maximum atomic E-state index is 13.5. The van der Waals surface area contributed by atoms with Crippen molar-refractivity contribution in [2.24, 2.45) is 10.9 Å². The molecule has 0 aromatic heterocycles. The minimum atomic E-state index is -0.401. The van der Waals surface area contributed by atoms with E-state index in [1.807, 2.05) is 12.3 Å². The molecule has 1 aromatic rings. The van der Waals surface area contributed by atoms with Gasteiger partial charge in [0.15, 0.2) is 0 Å². The fourth-order valence-corrected chi connectivity index (χ4v) is 4.80. The lowest BCUT2D eigenvalue weighted by molar-refractivity contribution is 0.0942. The molecule has 162 valence electrons. The molecule has 0 radical (unpaired) electrons. The Bertz CT molecular complexity index is 779. The number of dihydropyridines is 1. The van der Waals surface area contributed by atoms with Crippen molar-refractivity contribution in [3.63, 3.8) is 0 Å². The number of hydrogen-bond acceptors (Lipinski definition) is 4. The summed E-state index contributed by atoms with van der Waals surface area (Å²) in [6.07, 6.45) is 12.3. The number of rotatable bonds is 6. The molecule has 1 amide bonds. The molecule has 4 rings (SSSR count). The number of allylic oxidation sites excluding steroid dienone is 1. The van der Waals surface area contributed by atoms with E-state index in [1.54, 1.807) is 12.1 Å². The van der Waals surface area contributed by atoms with Gasteiger partial charge in [-0.25, -0.2) is 4.39 Å². The summed E-state index contributed by atoms with van der Waals surface area (Å²) in [6.45, 7) is 5.78. The summed E-state index contributed by atoms with van der Waals surface area (Å²) in [5.41, 5.74) is 1.15. The van der Waals surface area contributed by atoms with Crippen molar-refractivity contribution < 1.29 is 9.18 Å². The summed E-state index contributed by atoms with van der Waals surface area (Å²) < 4.78 is 13.5. The molecule has 1 atom stereocenters. The van der Waals surface area contributed by atoms with Crippen LogP contribution < -0.4 is 5.32 Å². The third-order valence-electron chi connectivity index (χ3n) is 6.61. The second-order valence-corrected chi connectivity index (χ2v) is 8.74. The van der Waals surface area contributed by atoms with Gasteiger partial charge < -0.3 is 10.2 Å². The van der Waals surface area contributed by atoms with Crippen molar-refractivity contribution in [1.29, 1.82) is 0 Å². The van der Waals surface area contributed by atoms with Gasteiger partial charge in [0, 0.05) is 31.3 Å². The summed E-state index contributed by atoms with van der Waals surface area (Å²) in [4.78, 5) is 22.3. The highest BCUT2D eigenvalue weighted by Gasteiger charge is 2.29. The second-order valence-electron chi connectivity index (χ2n) is 8.74. The number of piperidine rings is 2. The first kappa shape index (κ1) is 21.2. The highest BCUT2D eigenvalue weighted by atomic mass is 19.1. The number of halogens is 1. The van der Waals surface area contributed by atoms with Gasteiger partial charge in [0.1, 0.15) is 12.0 Å². The molecule has 0 saturated carbocycles. The molecule has 6 heteroatoms. The Kier molecular flexibility index (Phi) is 7.28. The molecule has 3 aliphatic heterocycles. The molecule has 2 saturated heterocycles. The summed E-state index contributed by atoms with van der Waals surface area (Å²) >= 11 is 0. The van der Waals surface area contributed by atoms with Crippen molar-refractivity contribution in [3.05, 3.63) is 47.4 Å². The first-order valence-corrected chi connectivity index (χ1v) is 11.4. The van der Waals surface area contributed by atoms with Crippen molar-refractivity contribution in [1.82, 2.24) is 15.1 Å². The zero-order valence-electron chi connectivity index (χ0n) is 17.7. The van der Waals surface area contributed by atoms with Gasteiger partial charge in [-0.3, -0.25) is 14.7 Å². The number of aliphatic imine (C=N–C) groups is 1. The van der Waals surface area contributed by atoms with E-state index in [1.165, 1.54) is 70.3 Å². The van der Waals surface area contributed by atoms with E-state index in [2.05, 4.69) is 20.1 Å². The monoisotopic (exact) mass is 412 g/mol. The average molecular weight is 413 g/mol. The number of likely N-dealkylation sites (tertiary alicyclic amines) is 2. The second kappa shape index (κ2) is 10.3. The van der Waals surface area contributed by atoms with Crippen molar-refractivity contribution in [3.8, 4) is 0 Å². The Morgan fingerprint density at radius 1 is 1.13 bits per heavy atom. The highest BCUT2D eigenvalue weighted by Crippen LogP contribution is 2.26. The van der Waals surface area contributed by atoms with Gasteiger partial charge in [0.2, 0.25) is 0 Å². The van der Waals surface area contributed by atoms with E-state index in [0.29, 0.717) is 12.0 Å². The third-order valence-corrected chi connectivity index (χ3v) is 6.61. The first-order chi connectivity index (χ1) is 14.7. The van der Waals surface area contributed by atoms with Crippen molar-refractivity contribution >= 4 is 12.1 Å². The minimum absolute atomic E-state index is 0.140. The summed E-state index contributed by atoms with van der Waals surface area (Å²) in [5, 5.41) is 2.98. The molecule has 1 unspecified atom stereocenters. The van der Waals surface area contributed by atoms with Crippen LogP contribution in [0.25, 0.3) is 0 Å². The van der Waals surface area contributed by atoms with Crippen LogP contribution in [0.2, 0.25) is 0 Å². The Morgan fingerprint density at radius 2 is 1.93 bits per heavy atom. The van der Waals surface area contributed by atoms with Crippen LogP contribution in [0.4, 0.5) is 4.39 Å². The molecule has 1 N–H and O–H groups in total. The normalized spacial score (nSPS) is 23.9. The minimum Gasteiger partial charge on any atom is -0.323 e. The smallest absolute Gasteiger partial charge is 0.255 e. The Morgan fingerprint density at radius 3 is 2.70 bits per heavy atom. The van der Waals surface area contributed by atoms with Crippen LogP contribution in [0.15, 0.2) is 41.0 Å². The van der Waals surface area contributed by atoms with Crippen LogP contribution in [0, 0.1) is 11.7 Å². The summed E-state index contributed by atoms with van der Waals surface area (Å²) in [6, 6.07) is 5.81. The topological polar surface area (TPSA) is 47.9 Å². The van der Waals surface area contributed by atoms with Gasteiger partial charge in [0.25, 0.3) is 5.91 Å². The molecular weight excluding hydrogens is 379 g/mol. The van der Waals surface area contributed by atoms with Crippen LogP contribution in [0.3, 0.4) is 0 Å². The van der Waals surface area contributed by atoms with Crippen LogP contribution in [-0.2, 0) is 0 Å². The van der Waals surface area contributed by atoms with E-state index >= 15 is 0 Å². The zero-order valence-corrected chi connectivity index (χ0v) is 17.7. The Balaban J connectivity index is 1.28. The number of amides is 1. The highest BCUT2D eigenvalue weighted by molar-refractivity contribution is 5.95. The van der Waals surface area contributed by atoms with Gasteiger partial charge >= 0.3 is 0 Å². The van der Waals surface area contributed by atoms with Gasteiger partial charge in [-0.1, -0.05) is 18.6 Å². The number of carbonyl (C=O) groups excluding carboxylic acids is 1. The molecule has 2 fully saturated rings. The van der Waals surface area contributed by atoms with Crippen LogP contribution >= 0.6 is 0 Å². The van der Waals surface area contributed by atoms with Gasteiger partial charge in [-0.15, -0.1) is 0 Å². The average Bonchev–Trinajstić information content (AvgIpc) is 2.79. The number of carbonyl (C=O) groups is 1. The number of nitrogens with one attached hydrogen (secondary N) is 1. The first-order valence-electron chi connectivity index (χ1n) is 11.4. The van der Waals surface area contributed by atoms with E-state index in [4.69, 9.17) is 0 Å². The Labute approximate surface area is 179 Å². The molecule has 0 bridgehead atoms. The van der Waals surface area contributed by atoms with Crippen molar-refractivity contribution in [2.45, 2.75) is 51.1 Å². The van der Waals surface area contributed by atoms with E-state index in [0.717, 1.165) is 24.7 Å². The molecule has 1 aromatic carbocycles. The fraction of sp³-hybridized carbons (Fsp3) is 0.583. The molecule has 0 aliphatic carbocycles. The Hall–Kier alpha value is -2.05. The van der Waals surface area contributed by atoms with Crippen LogP contribution in [0.1, 0.15) is 55.3 Å². The standard InChI is InChI=1S/C24H33FN4O/c25-21-7-4-6-20(18-21)24(30)27-22-8-5-12-26-23(22)29-16-10-19(11-17-29)9-15-28-13-2-1-3-14-28/h4,6-8,12,18-19,23H,1-3,5,9-11,13-17H2,(H,27,30). The fourth-order valence-electron chi connectivity index (χ4n) is 4.80. The van der Waals surface area contributed by atoms with E-state index in [9.17, 15) is 9.18 Å². The lowest BCUT2D eigenvalue weighted by atomic mass is 9.92. The van der Waals surface area contributed by atoms with E-state index in [-0.39, 0.29) is 12.1 Å². The molecule has 5 nitrogen and oxygen atoms in total. The van der Waals surface area contributed by atoms with E-state index < -0.39 is 5.82 Å². The lowest BCUT2D eigenvalue weighted by Crippen LogP contribution is -2.46. The largest absolute Gasteiger partial charge is 0.323 e. The quantitative estimate of drug-likeness (QED) is 0.773. The van der Waals surface area contributed by atoms with Crippen LogP contribution in [0.5, 0.6) is 0 Å².